The Kier molecular flexibility index (Phi) is 4.89. The fourth-order valence-corrected chi connectivity index (χ4v) is 3.67. The van der Waals surface area contributed by atoms with E-state index >= 15 is 0 Å². The highest BCUT2D eigenvalue weighted by atomic mass is 16.4. The summed E-state index contributed by atoms with van der Waals surface area (Å²) >= 11 is 0. The number of carbonyl (C=O) groups excluding carboxylic acids is 1. The number of hydrogen-bond acceptors (Lipinski definition) is 2. The molecule has 0 saturated heterocycles. The van der Waals surface area contributed by atoms with Crippen LogP contribution in [0.25, 0.3) is 0 Å². The Hall–Kier alpha value is -1.26. The molecule has 0 radical (unpaired) electrons. The lowest BCUT2D eigenvalue weighted by Crippen LogP contribution is -2.52. The molecule has 0 aromatic carbocycles. The third-order valence-corrected chi connectivity index (χ3v) is 4.78. The van der Waals surface area contributed by atoms with Gasteiger partial charge in [0.2, 0.25) is 0 Å². The molecule has 0 unspecified atom stereocenters. The number of carboxylic acid groups (broad SMARTS) is 1. The molecule has 2 saturated carbocycles. The Morgan fingerprint density at radius 3 is 2.35 bits per heavy atom. The van der Waals surface area contributed by atoms with Gasteiger partial charge in [0.15, 0.2) is 0 Å². The molecule has 2 amide bonds. The zero-order chi connectivity index (χ0) is 14.6. The van der Waals surface area contributed by atoms with Crippen LogP contribution in [0.15, 0.2) is 0 Å². The van der Waals surface area contributed by atoms with Crippen LogP contribution in [0.3, 0.4) is 0 Å². The zero-order valence-corrected chi connectivity index (χ0v) is 12.4. The second-order valence-corrected chi connectivity index (χ2v) is 6.52. The van der Waals surface area contributed by atoms with Gasteiger partial charge in [-0.3, -0.25) is 4.79 Å². The van der Waals surface area contributed by atoms with Crippen molar-refractivity contribution >= 4 is 12.0 Å². The third kappa shape index (κ3) is 3.87. The highest BCUT2D eigenvalue weighted by Gasteiger charge is 2.38. The number of carboxylic acids is 1. The predicted molar refractivity (Wildman–Crippen MR) is 76.6 cm³/mol. The Morgan fingerprint density at radius 2 is 1.80 bits per heavy atom. The first-order valence-electron chi connectivity index (χ1n) is 7.76. The van der Waals surface area contributed by atoms with Gasteiger partial charge in [0, 0.05) is 13.6 Å². The number of nitrogens with one attached hydrogen (secondary N) is 1. The summed E-state index contributed by atoms with van der Waals surface area (Å²) in [6, 6.07) is -0.111. The van der Waals surface area contributed by atoms with Crippen molar-refractivity contribution in [3.63, 3.8) is 0 Å². The number of rotatable bonds is 5. The highest BCUT2D eigenvalue weighted by Crippen LogP contribution is 2.33. The van der Waals surface area contributed by atoms with E-state index in [0.717, 1.165) is 32.2 Å². The Balaban J connectivity index is 1.88. The van der Waals surface area contributed by atoms with Gasteiger partial charge in [-0.05, 0) is 31.6 Å². The van der Waals surface area contributed by atoms with Gasteiger partial charge >= 0.3 is 12.0 Å². The van der Waals surface area contributed by atoms with Gasteiger partial charge in [0.1, 0.15) is 0 Å². The van der Waals surface area contributed by atoms with Crippen molar-refractivity contribution in [1.29, 1.82) is 0 Å². The first-order chi connectivity index (χ1) is 9.51. The Labute approximate surface area is 120 Å². The van der Waals surface area contributed by atoms with Crippen molar-refractivity contribution in [3.8, 4) is 0 Å². The smallest absolute Gasteiger partial charge is 0.317 e. The molecular formula is C15H26N2O3. The molecule has 5 nitrogen and oxygen atoms in total. The zero-order valence-electron chi connectivity index (χ0n) is 12.4. The van der Waals surface area contributed by atoms with Crippen molar-refractivity contribution in [2.24, 2.45) is 5.92 Å². The quantitative estimate of drug-likeness (QED) is 0.814. The lowest BCUT2D eigenvalue weighted by atomic mass is 9.93. The monoisotopic (exact) mass is 282 g/mol. The number of aliphatic carboxylic acids is 1. The first kappa shape index (κ1) is 15.1. The van der Waals surface area contributed by atoms with E-state index in [9.17, 15) is 9.59 Å². The van der Waals surface area contributed by atoms with Gasteiger partial charge in [-0.15, -0.1) is 0 Å². The average Bonchev–Trinajstić information content (AvgIpc) is 3.00. The molecule has 0 spiro atoms. The van der Waals surface area contributed by atoms with Crippen molar-refractivity contribution in [2.75, 3.05) is 13.6 Å². The molecule has 0 aliphatic heterocycles. The lowest BCUT2D eigenvalue weighted by Gasteiger charge is -2.32. The number of nitrogens with zero attached hydrogens (tertiary/aromatic N) is 1. The van der Waals surface area contributed by atoms with E-state index in [1.807, 2.05) is 7.05 Å². The minimum absolute atomic E-state index is 0.0377. The summed E-state index contributed by atoms with van der Waals surface area (Å²) in [7, 11) is 1.82. The molecule has 2 aliphatic carbocycles. The summed E-state index contributed by atoms with van der Waals surface area (Å²) in [5.41, 5.74) is -0.521. The topological polar surface area (TPSA) is 69.6 Å². The van der Waals surface area contributed by atoms with Crippen LogP contribution in [0, 0.1) is 5.92 Å². The maximum absolute atomic E-state index is 12.3. The molecule has 114 valence electrons. The van der Waals surface area contributed by atoms with Gasteiger partial charge in [-0.25, -0.2) is 4.79 Å². The van der Waals surface area contributed by atoms with Crippen LogP contribution in [0.2, 0.25) is 0 Å². The third-order valence-electron chi connectivity index (χ3n) is 4.78. The van der Waals surface area contributed by atoms with Crippen LogP contribution in [0.4, 0.5) is 4.79 Å². The predicted octanol–water partition coefficient (Wildman–Crippen LogP) is 2.61. The van der Waals surface area contributed by atoms with Crippen molar-refractivity contribution in [2.45, 2.75) is 63.3 Å². The Bertz CT molecular complexity index is 358. The van der Waals surface area contributed by atoms with Crippen LogP contribution in [-0.4, -0.2) is 41.1 Å². The number of hydrogen-bond donors (Lipinski definition) is 2. The molecule has 2 rings (SSSR count). The summed E-state index contributed by atoms with van der Waals surface area (Å²) in [5, 5.41) is 12.1. The minimum Gasteiger partial charge on any atom is -0.481 e. The summed E-state index contributed by atoms with van der Waals surface area (Å²) in [6.07, 6.45) is 8.54. The summed E-state index contributed by atoms with van der Waals surface area (Å²) < 4.78 is 0. The number of amides is 2. The summed E-state index contributed by atoms with van der Waals surface area (Å²) in [4.78, 5) is 25.1. The molecule has 2 fully saturated rings. The van der Waals surface area contributed by atoms with Gasteiger partial charge in [0.25, 0.3) is 0 Å². The van der Waals surface area contributed by atoms with Crippen molar-refractivity contribution in [1.82, 2.24) is 10.2 Å². The minimum atomic E-state index is -0.828. The fraction of sp³-hybridized carbons (Fsp3) is 0.867. The van der Waals surface area contributed by atoms with Crippen LogP contribution in [0.1, 0.15) is 57.8 Å². The van der Waals surface area contributed by atoms with E-state index < -0.39 is 11.5 Å². The van der Waals surface area contributed by atoms with Gasteiger partial charge in [-0.2, -0.15) is 0 Å². The van der Waals surface area contributed by atoms with E-state index in [0.29, 0.717) is 5.92 Å². The van der Waals surface area contributed by atoms with Crippen molar-refractivity contribution < 1.29 is 14.7 Å². The summed E-state index contributed by atoms with van der Waals surface area (Å²) in [6.45, 7) is 0.787. The maximum Gasteiger partial charge on any atom is 0.317 e. The van der Waals surface area contributed by atoms with E-state index in [4.69, 9.17) is 5.11 Å². The molecule has 2 N–H and O–H groups in total. The van der Waals surface area contributed by atoms with Crippen LogP contribution < -0.4 is 5.32 Å². The number of carbonyl (C=O) groups is 2. The van der Waals surface area contributed by atoms with Crippen molar-refractivity contribution in [3.05, 3.63) is 0 Å². The summed E-state index contributed by atoms with van der Waals surface area (Å²) in [5.74, 6) is -0.213. The molecule has 2 aliphatic rings. The van der Waals surface area contributed by atoms with E-state index in [1.54, 1.807) is 4.90 Å². The molecule has 5 heteroatoms. The molecule has 0 aromatic rings. The molecular weight excluding hydrogens is 256 g/mol. The van der Waals surface area contributed by atoms with E-state index in [1.165, 1.54) is 25.7 Å². The van der Waals surface area contributed by atoms with Gasteiger partial charge < -0.3 is 15.3 Å². The molecule has 20 heavy (non-hydrogen) atoms. The average molecular weight is 282 g/mol. The molecule has 0 bridgehead atoms. The van der Waals surface area contributed by atoms with Gasteiger partial charge in [-0.1, -0.05) is 25.7 Å². The SMILES string of the molecule is CN(CC1CCCC1)C(=O)NC1(CC(=O)O)CCCC1. The van der Waals surface area contributed by atoms with E-state index in [-0.39, 0.29) is 12.5 Å². The van der Waals surface area contributed by atoms with Gasteiger partial charge in [0.05, 0.1) is 12.0 Å². The van der Waals surface area contributed by atoms with E-state index in [2.05, 4.69) is 5.32 Å². The normalized spacial score (nSPS) is 21.9. The van der Waals surface area contributed by atoms with Crippen LogP contribution in [-0.2, 0) is 4.79 Å². The standard InChI is InChI=1S/C15H26N2O3/c1-17(11-12-6-2-3-7-12)14(20)16-15(10-13(18)19)8-4-5-9-15/h12H,2-11H2,1H3,(H,16,20)(H,18,19). The second-order valence-electron chi connectivity index (χ2n) is 6.52. The lowest BCUT2D eigenvalue weighted by molar-refractivity contribution is -0.138. The Morgan fingerprint density at radius 1 is 1.20 bits per heavy atom. The fourth-order valence-electron chi connectivity index (χ4n) is 3.67. The largest absolute Gasteiger partial charge is 0.481 e. The molecule has 0 atom stereocenters. The maximum atomic E-state index is 12.3. The first-order valence-corrected chi connectivity index (χ1v) is 7.76. The molecule has 0 aromatic heterocycles. The highest BCUT2D eigenvalue weighted by molar-refractivity contribution is 5.76. The number of urea groups is 1. The van der Waals surface area contributed by atoms with Crippen LogP contribution in [0.5, 0.6) is 0 Å². The molecule has 0 heterocycles. The second kappa shape index (κ2) is 6.46. The van der Waals surface area contributed by atoms with Crippen LogP contribution >= 0.6 is 0 Å².